The number of amides is 1. The van der Waals surface area contributed by atoms with Crippen molar-refractivity contribution in [2.24, 2.45) is 0 Å². The first-order valence-corrected chi connectivity index (χ1v) is 5.29. The first-order valence-electron chi connectivity index (χ1n) is 5.29. The molecular formula is C10H15N5O. The summed E-state index contributed by atoms with van der Waals surface area (Å²) >= 11 is 0. The number of nitrogens with zero attached hydrogens (tertiary/aromatic N) is 3. The van der Waals surface area contributed by atoms with Gasteiger partial charge in [0.1, 0.15) is 6.04 Å². The maximum atomic E-state index is 11.7. The van der Waals surface area contributed by atoms with Gasteiger partial charge >= 0.3 is 0 Å². The number of aromatic nitrogens is 2. The van der Waals surface area contributed by atoms with Crippen LogP contribution in [0.1, 0.15) is 0 Å². The van der Waals surface area contributed by atoms with Crippen molar-refractivity contribution in [2.45, 2.75) is 6.04 Å². The second kappa shape index (κ2) is 4.89. The summed E-state index contributed by atoms with van der Waals surface area (Å²) in [5.41, 5.74) is 0. The molecule has 1 aliphatic rings. The molecule has 0 spiro atoms. The normalized spacial score (nSPS) is 20.6. The Morgan fingerprint density at radius 3 is 3.25 bits per heavy atom. The lowest BCUT2D eigenvalue weighted by atomic mass is 10.2. The second-order valence-corrected chi connectivity index (χ2v) is 3.61. The molecule has 0 saturated carbocycles. The summed E-state index contributed by atoms with van der Waals surface area (Å²) in [5.74, 6) is 0.746. The maximum Gasteiger partial charge on any atom is 0.243 e. The predicted octanol–water partition coefficient (Wildman–Crippen LogP) is -0.999. The fourth-order valence-electron chi connectivity index (χ4n) is 1.83. The van der Waals surface area contributed by atoms with Gasteiger partial charge in [0.25, 0.3) is 0 Å². The van der Waals surface area contributed by atoms with Crippen LogP contribution in [0.3, 0.4) is 0 Å². The van der Waals surface area contributed by atoms with E-state index in [4.69, 9.17) is 0 Å². The number of likely N-dealkylation sites (N-methyl/N-ethyl adjacent to an activating group) is 1. The quantitative estimate of drug-likeness (QED) is 0.670. The summed E-state index contributed by atoms with van der Waals surface area (Å²) in [4.78, 5) is 13.7. The molecule has 0 aromatic carbocycles. The van der Waals surface area contributed by atoms with E-state index in [-0.39, 0.29) is 11.9 Å². The minimum Gasteiger partial charge on any atom is -0.357 e. The lowest BCUT2D eigenvalue weighted by Gasteiger charge is -2.35. The van der Waals surface area contributed by atoms with Crippen LogP contribution in [0, 0.1) is 0 Å². The van der Waals surface area contributed by atoms with Crippen molar-refractivity contribution in [3.05, 3.63) is 18.3 Å². The minimum absolute atomic E-state index is 0.00199. The molecular weight excluding hydrogens is 206 g/mol. The fourth-order valence-corrected chi connectivity index (χ4v) is 1.83. The van der Waals surface area contributed by atoms with E-state index < -0.39 is 0 Å². The van der Waals surface area contributed by atoms with Crippen LogP contribution in [0.15, 0.2) is 18.3 Å². The first kappa shape index (κ1) is 10.8. The summed E-state index contributed by atoms with van der Waals surface area (Å²) < 4.78 is 0. The molecule has 1 atom stereocenters. The number of rotatable bonds is 2. The summed E-state index contributed by atoms with van der Waals surface area (Å²) in [5, 5.41) is 13.7. The molecule has 86 valence electrons. The number of piperazine rings is 1. The van der Waals surface area contributed by atoms with Gasteiger partial charge in [-0.1, -0.05) is 0 Å². The Kier molecular flexibility index (Phi) is 3.31. The summed E-state index contributed by atoms with van der Waals surface area (Å²) in [7, 11) is 1.64. The smallest absolute Gasteiger partial charge is 0.243 e. The summed E-state index contributed by atoms with van der Waals surface area (Å²) in [6.45, 7) is 2.25. The number of carbonyl (C=O) groups is 1. The van der Waals surface area contributed by atoms with E-state index >= 15 is 0 Å². The molecule has 16 heavy (non-hydrogen) atoms. The Morgan fingerprint density at radius 2 is 2.56 bits per heavy atom. The molecule has 2 heterocycles. The van der Waals surface area contributed by atoms with E-state index in [9.17, 15) is 4.79 Å². The Labute approximate surface area is 94.0 Å². The first-order chi connectivity index (χ1) is 7.83. The van der Waals surface area contributed by atoms with Crippen molar-refractivity contribution >= 4 is 11.7 Å². The van der Waals surface area contributed by atoms with Gasteiger partial charge < -0.3 is 15.5 Å². The molecule has 1 aromatic heterocycles. The standard InChI is InChI=1S/C10H15N5O/c1-11-10(16)8-7-12-5-6-15(8)9-3-2-4-13-14-9/h2-4,8,12H,5-7H2,1H3,(H,11,16). The topological polar surface area (TPSA) is 70.2 Å². The van der Waals surface area contributed by atoms with Crippen LogP contribution in [0.2, 0.25) is 0 Å². The third-order valence-electron chi connectivity index (χ3n) is 2.64. The Balaban J connectivity index is 2.20. The molecule has 1 unspecified atom stereocenters. The molecule has 0 bridgehead atoms. The predicted molar refractivity (Wildman–Crippen MR) is 60.1 cm³/mol. The molecule has 1 amide bonds. The van der Waals surface area contributed by atoms with Gasteiger partial charge in [0, 0.05) is 32.9 Å². The van der Waals surface area contributed by atoms with E-state index in [0.717, 1.165) is 18.9 Å². The van der Waals surface area contributed by atoms with E-state index in [1.54, 1.807) is 13.2 Å². The molecule has 6 nitrogen and oxygen atoms in total. The number of nitrogens with one attached hydrogen (secondary N) is 2. The van der Waals surface area contributed by atoms with Crippen LogP contribution < -0.4 is 15.5 Å². The monoisotopic (exact) mass is 221 g/mol. The third-order valence-corrected chi connectivity index (χ3v) is 2.64. The van der Waals surface area contributed by atoms with Crippen LogP contribution in [-0.2, 0) is 4.79 Å². The molecule has 1 saturated heterocycles. The Morgan fingerprint density at radius 1 is 1.69 bits per heavy atom. The molecule has 2 N–H and O–H groups in total. The zero-order chi connectivity index (χ0) is 11.4. The zero-order valence-corrected chi connectivity index (χ0v) is 9.18. The van der Waals surface area contributed by atoms with E-state index in [1.165, 1.54) is 0 Å². The van der Waals surface area contributed by atoms with Crippen molar-refractivity contribution in [3.63, 3.8) is 0 Å². The average molecular weight is 221 g/mol. The van der Waals surface area contributed by atoms with Gasteiger partial charge in [-0.15, -0.1) is 5.10 Å². The average Bonchev–Trinajstić information content (AvgIpc) is 2.39. The van der Waals surface area contributed by atoms with E-state index in [0.29, 0.717) is 6.54 Å². The second-order valence-electron chi connectivity index (χ2n) is 3.61. The summed E-state index contributed by atoms with van der Waals surface area (Å²) in [6.07, 6.45) is 1.63. The number of anilines is 1. The molecule has 6 heteroatoms. The molecule has 1 aromatic rings. The highest BCUT2D eigenvalue weighted by molar-refractivity contribution is 5.85. The van der Waals surface area contributed by atoms with Gasteiger partial charge in [-0.3, -0.25) is 4.79 Å². The van der Waals surface area contributed by atoms with Crippen LogP contribution in [0.4, 0.5) is 5.82 Å². The van der Waals surface area contributed by atoms with Gasteiger partial charge in [-0.25, -0.2) is 0 Å². The molecule has 0 aliphatic carbocycles. The lowest BCUT2D eigenvalue weighted by Crippen LogP contribution is -2.57. The van der Waals surface area contributed by atoms with Gasteiger partial charge in [-0.05, 0) is 12.1 Å². The largest absolute Gasteiger partial charge is 0.357 e. The fraction of sp³-hybridized carbons (Fsp3) is 0.500. The molecule has 2 rings (SSSR count). The lowest BCUT2D eigenvalue weighted by molar-refractivity contribution is -0.122. The Bertz CT molecular complexity index is 355. The molecule has 1 aliphatic heterocycles. The van der Waals surface area contributed by atoms with E-state index in [2.05, 4.69) is 20.8 Å². The van der Waals surface area contributed by atoms with Crippen LogP contribution in [0.5, 0.6) is 0 Å². The van der Waals surface area contributed by atoms with Crippen molar-refractivity contribution < 1.29 is 4.79 Å². The van der Waals surface area contributed by atoms with Crippen molar-refractivity contribution in [1.29, 1.82) is 0 Å². The molecule has 0 radical (unpaired) electrons. The number of hydrogen-bond acceptors (Lipinski definition) is 5. The maximum absolute atomic E-state index is 11.7. The highest BCUT2D eigenvalue weighted by atomic mass is 16.2. The van der Waals surface area contributed by atoms with Crippen LogP contribution in [-0.4, -0.2) is 48.8 Å². The third kappa shape index (κ3) is 2.11. The van der Waals surface area contributed by atoms with Gasteiger partial charge in [0.2, 0.25) is 5.91 Å². The van der Waals surface area contributed by atoms with Gasteiger partial charge in [0.15, 0.2) is 5.82 Å². The van der Waals surface area contributed by atoms with Gasteiger partial charge in [0.05, 0.1) is 0 Å². The van der Waals surface area contributed by atoms with Crippen molar-refractivity contribution in [1.82, 2.24) is 20.8 Å². The van der Waals surface area contributed by atoms with Gasteiger partial charge in [-0.2, -0.15) is 5.10 Å². The molecule has 1 fully saturated rings. The minimum atomic E-state index is -0.213. The van der Waals surface area contributed by atoms with Crippen LogP contribution in [0.25, 0.3) is 0 Å². The highest BCUT2D eigenvalue weighted by Crippen LogP contribution is 2.13. The van der Waals surface area contributed by atoms with Crippen molar-refractivity contribution in [2.75, 3.05) is 31.6 Å². The Hall–Kier alpha value is -1.69. The number of hydrogen-bond donors (Lipinski definition) is 2. The SMILES string of the molecule is CNC(=O)C1CNCCN1c1cccnn1. The summed E-state index contributed by atoms with van der Waals surface area (Å²) in [6, 6.07) is 3.48. The zero-order valence-electron chi connectivity index (χ0n) is 9.18. The van der Waals surface area contributed by atoms with Crippen LogP contribution >= 0.6 is 0 Å². The number of carbonyl (C=O) groups excluding carboxylic acids is 1. The van der Waals surface area contributed by atoms with E-state index in [1.807, 2.05) is 17.0 Å². The van der Waals surface area contributed by atoms with Crippen molar-refractivity contribution in [3.8, 4) is 0 Å². The highest BCUT2D eigenvalue weighted by Gasteiger charge is 2.28.